The third-order valence-electron chi connectivity index (χ3n) is 2.67. The maximum Gasteiger partial charge on any atom is 0.258 e. The molecule has 1 aromatic carbocycles. The summed E-state index contributed by atoms with van der Waals surface area (Å²) in [6, 6.07) is 8.78. The zero-order valence-electron chi connectivity index (χ0n) is 11.5. The molecule has 0 atom stereocenters. The first kappa shape index (κ1) is 14.5. The molecule has 2 aromatic rings. The van der Waals surface area contributed by atoms with Crippen molar-refractivity contribution in [1.82, 2.24) is 15.3 Å². The zero-order chi connectivity index (χ0) is 15.1. The molecule has 0 bridgehead atoms. The monoisotopic (exact) mass is 282 g/mol. The van der Waals surface area contributed by atoms with Crippen molar-refractivity contribution in [3.05, 3.63) is 53.6 Å². The smallest absolute Gasteiger partial charge is 0.258 e. The van der Waals surface area contributed by atoms with E-state index in [-0.39, 0.29) is 19.1 Å². The van der Waals surface area contributed by atoms with Crippen LogP contribution in [0.3, 0.4) is 0 Å². The average molecular weight is 282 g/mol. The first-order chi connectivity index (χ1) is 10.2. The van der Waals surface area contributed by atoms with Crippen LogP contribution >= 0.6 is 0 Å². The van der Waals surface area contributed by atoms with Crippen LogP contribution in [-0.4, -0.2) is 22.5 Å². The molecule has 1 aromatic heterocycles. The Morgan fingerprint density at radius 1 is 1.33 bits per heavy atom. The normalized spacial score (nSPS) is 9.71. The van der Waals surface area contributed by atoms with E-state index in [2.05, 4.69) is 15.3 Å². The van der Waals surface area contributed by atoms with Crippen LogP contribution in [0.15, 0.2) is 36.7 Å². The van der Waals surface area contributed by atoms with Crippen LogP contribution in [0.25, 0.3) is 0 Å². The van der Waals surface area contributed by atoms with Gasteiger partial charge in [0.2, 0.25) is 0 Å². The minimum absolute atomic E-state index is 0.155. The Morgan fingerprint density at radius 2 is 2.14 bits per heavy atom. The van der Waals surface area contributed by atoms with Gasteiger partial charge in [0.15, 0.2) is 6.61 Å². The van der Waals surface area contributed by atoms with Gasteiger partial charge in [-0.1, -0.05) is 12.1 Å². The fourth-order valence-electron chi connectivity index (χ4n) is 1.58. The van der Waals surface area contributed by atoms with E-state index in [0.717, 1.165) is 5.69 Å². The zero-order valence-corrected chi connectivity index (χ0v) is 11.5. The number of benzene rings is 1. The first-order valence-electron chi connectivity index (χ1n) is 6.35. The maximum atomic E-state index is 11.7. The number of rotatable bonds is 5. The number of hydrogen-bond acceptors (Lipinski definition) is 5. The fraction of sp³-hybridized carbons (Fsp3) is 0.200. The van der Waals surface area contributed by atoms with Crippen molar-refractivity contribution >= 4 is 5.91 Å². The van der Waals surface area contributed by atoms with Gasteiger partial charge in [0.05, 0.1) is 29.7 Å². The molecule has 6 heteroatoms. The molecule has 0 spiro atoms. The van der Waals surface area contributed by atoms with Crippen LogP contribution in [0.2, 0.25) is 0 Å². The SMILES string of the molecule is Cc1cnc(CNC(=O)COc2ccccc2C#N)cn1. The summed E-state index contributed by atoms with van der Waals surface area (Å²) >= 11 is 0. The summed E-state index contributed by atoms with van der Waals surface area (Å²) in [5, 5.41) is 11.6. The van der Waals surface area contributed by atoms with E-state index in [4.69, 9.17) is 10.00 Å². The average Bonchev–Trinajstić information content (AvgIpc) is 2.52. The summed E-state index contributed by atoms with van der Waals surface area (Å²) in [6.45, 7) is 1.98. The number of aryl methyl sites for hydroxylation is 1. The predicted molar refractivity (Wildman–Crippen MR) is 75.3 cm³/mol. The second kappa shape index (κ2) is 7.01. The number of nitrogens with zero attached hydrogens (tertiary/aromatic N) is 3. The number of aromatic nitrogens is 2. The van der Waals surface area contributed by atoms with E-state index in [1.807, 2.05) is 13.0 Å². The molecule has 0 saturated carbocycles. The molecule has 0 fully saturated rings. The Hall–Kier alpha value is -2.94. The third-order valence-corrected chi connectivity index (χ3v) is 2.67. The lowest BCUT2D eigenvalue weighted by molar-refractivity contribution is -0.123. The molecular formula is C15H14N4O2. The highest BCUT2D eigenvalue weighted by Gasteiger charge is 2.06. The highest BCUT2D eigenvalue weighted by atomic mass is 16.5. The van der Waals surface area contributed by atoms with E-state index in [1.54, 1.807) is 36.7 Å². The van der Waals surface area contributed by atoms with Crippen LogP contribution in [0.5, 0.6) is 5.75 Å². The predicted octanol–water partition coefficient (Wildman–Crippen LogP) is 1.35. The standard InChI is InChI=1S/C15H14N4O2/c1-11-7-18-13(8-17-11)9-19-15(20)10-21-14-5-3-2-4-12(14)6-16/h2-5,7-8H,9-10H2,1H3,(H,19,20). The highest BCUT2D eigenvalue weighted by molar-refractivity contribution is 5.77. The van der Waals surface area contributed by atoms with Gasteiger partial charge in [-0.05, 0) is 19.1 Å². The van der Waals surface area contributed by atoms with Gasteiger partial charge < -0.3 is 10.1 Å². The molecule has 6 nitrogen and oxygen atoms in total. The van der Waals surface area contributed by atoms with Gasteiger partial charge in [-0.3, -0.25) is 14.8 Å². The van der Waals surface area contributed by atoms with Gasteiger partial charge in [-0.25, -0.2) is 0 Å². The number of nitrogens with one attached hydrogen (secondary N) is 1. The van der Waals surface area contributed by atoms with Crippen molar-refractivity contribution in [2.45, 2.75) is 13.5 Å². The lowest BCUT2D eigenvalue weighted by atomic mass is 10.2. The number of carbonyl (C=O) groups is 1. The van der Waals surface area contributed by atoms with Gasteiger partial charge in [0, 0.05) is 6.20 Å². The Balaban J connectivity index is 1.82. The van der Waals surface area contributed by atoms with Crippen molar-refractivity contribution in [3.8, 4) is 11.8 Å². The van der Waals surface area contributed by atoms with Crippen molar-refractivity contribution in [1.29, 1.82) is 5.26 Å². The van der Waals surface area contributed by atoms with Crippen LogP contribution < -0.4 is 10.1 Å². The molecule has 21 heavy (non-hydrogen) atoms. The number of nitriles is 1. The highest BCUT2D eigenvalue weighted by Crippen LogP contribution is 2.16. The minimum atomic E-state index is -0.287. The van der Waals surface area contributed by atoms with E-state index in [0.29, 0.717) is 17.0 Å². The summed E-state index contributed by atoms with van der Waals surface area (Å²) < 4.78 is 5.33. The van der Waals surface area contributed by atoms with Crippen LogP contribution in [0, 0.1) is 18.3 Å². The Morgan fingerprint density at radius 3 is 2.86 bits per heavy atom. The van der Waals surface area contributed by atoms with E-state index in [9.17, 15) is 4.79 Å². The second-order valence-electron chi connectivity index (χ2n) is 4.32. The number of ether oxygens (including phenoxy) is 1. The van der Waals surface area contributed by atoms with Crippen LogP contribution in [0.4, 0.5) is 0 Å². The summed E-state index contributed by atoms with van der Waals surface area (Å²) in [7, 11) is 0. The summed E-state index contributed by atoms with van der Waals surface area (Å²) in [6.07, 6.45) is 3.25. The molecule has 1 N–H and O–H groups in total. The summed E-state index contributed by atoms with van der Waals surface area (Å²) in [5.74, 6) is 0.107. The molecule has 0 aliphatic heterocycles. The number of amides is 1. The molecule has 0 saturated heterocycles. The number of carbonyl (C=O) groups excluding carboxylic acids is 1. The first-order valence-corrected chi connectivity index (χ1v) is 6.35. The van der Waals surface area contributed by atoms with Gasteiger partial charge in [0.25, 0.3) is 5.91 Å². The van der Waals surface area contributed by atoms with Crippen molar-refractivity contribution in [3.63, 3.8) is 0 Å². The molecule has 106 valence electrons. The van der Waals surface area contributed by atoms with E-state index < -0.39 is 0 Å². The van der Waals surface area contributed by atoms with Crippen molar-refractivity contribution < 1.29 is 9.53 Å². The minimum Gasteiger partial charge on any atom is -0.482 e. The van der Waals surface area contributed by atoms with Crippen LogP contribution in [0.1, 0.15) is 17.0 Å². The molecule has 0 aliphatic rings. The van der Waals surface area contributed by atoms with Gasteiger partial charge >= 0.3 is 0 Å². The fourth-order valence-corrected chi connectivity index (χ4v) is 1.58. The van der Waals surface area contributed by atoms with E-state index >= 15 is 0 Å². The summed E-state index contributed by atoms with van der Waals surface area (Å²) in [5.41, 5.74) is 1.89. The lowest BCUT2D eigenvalue weighted by Crippen LogP contribution is -2.28. The molecule has 0 aliphatic carbocycles. The number of para-hydroxylation sites is 1. The molecule has 2 rings (SSSR count). The molecule has 1 heterocycles. The van der Waals surface area contributed by atoms with Gasteiger partial charge in [0.1, 0.15) is 11.8 Å². The van der Waals surface area contributed by atoms with Crippen molar-refractivity contribution in [2.24, 2.45) is 0 Å². The molecule has 0 unspecified atom stereocenters. The lowest BCUT2D eigenvalue weighted by Gasteiger charge is -2.08. The van der Waals surface area contributed by atoms with Crippen LogP contribution in [-0.2, 0) is 11.3 Å². The Kier molecular flexibility index (Phi) is 4.83. The maximum absolute atomic E-state index is 11.7. The molecule has 1 amide bonds. The second-order valence-corrected chi connectivity index (χ2v) is 4.32. The topological polar surface area (TPSA) is 87.9 Å². The Bertz CT molecular complexity index is 662. The summed E-state index contributed by atoms with van der Waals surface area (Å²) in [4.78, 5) is 19.9. The van der Waals surface area contributed by atoms with E-state index in [1.165, 1.54) is 0 Å². The van der Waals surface area contributed by atoms with Crippen molar-refractivity contribution in [2.75, 3.05) is 6.61 Å². The molecule has 0 radical (unpaired) electrons. The van der Waals surface area contributed by atoms with Gasteiger partial charge in [-0.15, -0.1) is 0 Å². The third kappa shape index (κ3) is 4.28. The van der Waals surface area contributed by atoms with Gasteiger partial charge in [-0.2, -0.15) is 5.26 Å². The quantitative estimate of drug-likeness (QED) is 0.894. The molecular weight excluding hydrogens is 268 g/mol. The Labute approximate surface area is 122 Å². The number of hydrogen-bond donors (Lipinski definition) is 1. The largest absolute Gasteiger partial charge is 0.482 e.